The first-order valence-corrected chi connectivity index (χ1v) is 6.74. The molecule has 1 unspecified atom stereocenters. The van der Waals surface area contributed by atoms with Gasteiger partial charge in [0.15, 0.2) is 0 Å². The Labute approximate surface area is 97.2 Å². The largest absolute Gasteiger partial charge is 0.393 e. The molecule has 0 radical (unpaired) electrons. The van der Waals surface area contributed by atoms with Crippen LogP contribution in [-0.2, 0) is 10.2 Å². The van der Waals surface area contributed by atoms with Gasteiger partial charge in [0.25, 0.3) is 10.2 Å². The highest BCUT2D eigenvalue weighted by Crippen LogP contribution is 2.04. The summed E-state index contributed by atoms with van der Waals surface area (Å²) in [6.45, 7) is 6.43. The Kier molecular flexibility index (Phi) is 6.26. The minimum atomic E-state index is -3.38. The van der Waals surface area contributed by atoms with Gasteiger partial charge in [0, 0.05) is 25.6 Å². The summed E-state index contributed by atoms with van der Waals surface area (Å²) in [5, 5.41) is 0. The topological polar surface area (TPSA) is 75.4 Å². The minimum absolute atomic E-state index is 0.117. The van der Waals surface area contributed by atoms with E-state index in [1.807, 2.05) is 6.92 Å². The van der Waals surface area contributed by atoms with Gasteiger partial charge in [-0.05, 0) is 0 Å². The van der Waals surface area contributed by atoms with E-state index < -0.39 is 10.2 Å². The molecule has 0 saturated carbocycles. The van der Waals surface area contributed by atoms with Gasteiger partial charge < -0.3 is 5.73 Å². The fourth-order valence-electron chi connectivity index (χ4n) is 1.07. The van der Waals surface area contributed by atoms with E-state index >= 15 is 0 Å². The van der Waals surface area contributed by atoms with Crippen molar-refractivity contribution in [3.63, 3.8) is 0 Å². The van der Waals surface area contributed by atoms with Crippen molar-refractivity contribution < 1.29 is 8.42 Å². The molecule has 0 aliphatic heterocycles. The predicted octanol–water partition coefficient (Wildman–Crippen LogP) is 0.0848. The maximum absolute atomic E-state index is 11.7. The molecular formula is C8H19N3O2S2. The van der Waals surface area contributed by atoms with Crippen LogP contribution in [0.25, 0.3) is 0 Å². The predicted molar refractivity (Wildman–Crippen MR) is 65.8 cm³/mol. The summed E-state index contributed by atoms with van der Waals surface area (Å²) in [6, 6.07) is 0. The molecule has 1 atom stereocenters. The van der Waals surface area contributed by atoms with Crippen molar-refractivity contribution in [2.45, 2.75) is 20.8 Å². The molecule has 0 aliphatic carbocycles. The first-order valence-electron chi connectivity index (χ1n) is 4.89. The van der Waals surface area contributed by atoms with Crippen LogP contribution in [0, 0.1) is 5.92 Å². The lowest BCUT2D eigenvalue weighted by Crippen LogP contribution is -2.44. The van der Waals surface area contributed by atoms with Crippen molar-refractivity contribution in [1.82, 2.24) is 9.03 Å². The third kappa shape index (κ3) is 4.87. The molecule has 0 aromatic heterocycles. The molecule has 0 fully saturated rings. The number of rotatable bonds is 7. The zero-order valence-electron chi connectivity index (χ0n) is 9.36. The van der Waals surface area contributed by atoms with Crippen molar-refractivity contribution in [2.24, 2.45) is 11.7 Å². The molecular weight excluding hydrogens is 234 g/mol. The van der Waals surface area contributed by atoms with Crippen LogP contribution in [0.2, 0.25) is 0 Å². The summed E-state index contributed by atoms with van der Waals surface area (Å²) < 4.78 is 27.1. The Morgan fingerprint density at radius 3 is 2.40 bits per heavy atom. The highest BCUT2D eigenvalue weighted by Gasteiger charge is 2.21. The molecule has 90 valence electrons. The number of nitrogens with zero attached hydrogens (tertiary/aromatic N) is 1. The van der Waals surface area contributed by atoms with E-state index in [4.69, 9.17) is 18.0 Å². The molecule has 0 bridgehead atoms. The Morgan fingerprint density at radius 1 is 1.53 bits per heavy atom. The summed E-state index contributed by atoms with van der Waals surface area (Å²) in [4.78, 5) is 0.333. The van der Waals surface area contributed by atoms with E-state index in [0.717, 1.165) is 0 Å². The summed E-state index contributed by atoms with van der Waals surface area (Å²) >= 11 is 4.81. The van der Waals surface area contributed by atoms with Gasteiger partial charge in [-0.3, -0.25) is 0 Å². The lowest BCUT2D eigenvalue weighted by molar-refractivity contribution is 0.398. The zero-order valence-corrected chi connectivity index (χ0v) is 11.0. The number of nitrogens with two attached hydrogens (primary N) is 1. The van der Waals surface area contributed by atoms with Gasteiger partial charge in [-0.15, -0.1) is 0 Å². The molecule has 0 aromatic rings. The number of hydrogen-bond donors (Lipinski definition) is 2. The van der Waals surface area contributed by atoms with Crippen LogP contribution in [0.3, 0.4) is 0 Å². The van der Waals surface area contributed by atoms with E-state index in [1.165, 1.54) is 4.31 Å². The highest BCUT2D eigenvalue weighted by atomic mass is 32.2. The standard InChI is InChI=1S/C8H19N3O2S2/c1-4-10-15(12,13)11(5-2)6-7(3)8(9)14/h7,10H,4-6H2,1-3H3,(H2,9,14). The molecule has 3 N–H and O–H groups in total. The van der Waals surface area contributed by atoms with Crippen molar-refractivity contribution in [3.8, 4) is 0 Å². The second-order valence-electron chi connectivity index (χ2n) is 3.26. The lowest BCUT2D eigenvalue weighted by Gasteiger charge is -2.23. The maximum Gasteiger partial charge on any atom is 0.279 e. The third-order valence-electron chi connectivity index (χ3n) is 1.98. The molecule has 0 amide bonds. The van der Waals surface area contributed by atoms with Crippen molar-refractivity contribution >= 4 is 27.4 Å². The van der Waals surface area contributed by atoms with Crippen LogP contribution in [0.5, 0.6) is 0 Å². The summed E-state index contributed by atoms with van der Waals surface area (Å²) in [5.74, 6) is -0.117. The highest BCUT2D eigenvalue weighted by molar-refractivity contribution is 7.87. The molecule has 15 heavy (non-hydrogen) atoms. The maximum atomic E-state index is 11.7. The second kappa shape index (κ2) is 6.37. The fourth-order valence-corrected chi connectivity index (χ4v) is 2.45. The van der Waals surface area contributed by atoms with E-state index in [1.54, 1.807) is 13.8 Å². The quantitative estimate of drug-likeness (QED) is 0.630. The summed E-state index contributed by atoms with van der Waals surface area (Å²) in [6.07, 6.45) is 0. The monoisotopic (exact) mass is 253 g/mol. The normalized spacial score (nSPS) is 14.1. The molecule has 0 aliphatic rings. The Bertz CT molecular complexity index is 303. The SMILES string of the molecule is CCNS(=O)(=O)N(CC)CC(C)C(N)=S. The summed E-state index contributed by atoms with van der Waals surface area (Å²) in [7, 11) is -3.38. The van der Waals surface area contributed by atoms with Crippen LogP contribution < -0.4 is 10.5 Å². The van der Waals surface area contributed by atoms with Crippen molar-refractivity contribution in [3.05, 3.63) is 0 Å². The van der Waals surface area contributed by atoms with Gasteiger partial charge in [-0.25, -0.2) is 4.72 Å². The Balaban J connectivity index is 4.57. The molecule has 0 saturated heterocycles. The smallest absolute Gasteiger partial charge is 0.279 e. The van der Waals surface area contributed by atoms with Crippen LogP contribution in [0.1, 0.15) is 20.8 Å². The fraction of sp³-hybridized carbons (Fsp3) is 0.875. The zero-order chi connectivity index (χ0) is 12.1. The average molecular weight is 253 g/mol. The molecule has 0 heterocycles. The second-order valence-corrected chi connectivity index (χ2v) is 5.48. The molecule has 5 nitrogen and oxygen atoms in total. The molecule has 7 heteroatoms. The van der Waals surface area contributed by atoms with Gasteiger partial charge in [0.05, 0.1) is 4.99 Å². The van der Waals surface area contributed by atoms with Gasteiger partial charge in [-0.2, -0.15) is 12.7 Å². The number of hydrogen-bond acceptors (Lipinski definition) is 3. The minimum Gasteiger partial charge on any atom is -0.393 e. The van der Waals surface area contributed by atoms with Crippen LogP contribution in [0.15, 0.2) is 0 Å². The molecule has 0 aromatic carbocycles. The third-order valence-corrected chi connectivity index (χ3v) is 4.13. The van der Waals surface area contributed by atoms with Gasteiger partial charge in [-0.1, -0.05) is 33.0 Å². The van der Waals surface area contributed by atoms with E-state index in [0.29, 0.717) is 24.6 Å². The Morgan fingerprint density at radius 2 is 2.07 bits per heavy atom. The molecule has 0 rings (SSSR count). The van der Waals surface area contributed by atoms with Gasteiger partial charge in [0.2, 0.25) is 0 Å². The Hall–Kier alpha value is -0.240. The summed E-state index contributed by atoms with van der Waals surface area (Å²) in [5.41, 5.74) is 5.45. The molecule has 0 spiro atoms. The van der Waals surface area contributed by atoms with Crippen LogP contribution in [-0.4, -0.2) is 37.3 Å². The van der Waals surface area contributed by atoms with E-state index in [2.05, 4.69) is 4.72 Å². The van der Waals surface area contributed by atoms with Crippen LogP contribution in [0.4, 0.5) is 0 Å². The number of nitrogens with one attached hydrogen (secondary N) is 1. The lowest BCUT2D eigenvalue weighted by atomic mass is 10.2. The number of thiocarbonyl (C=S) groups is 1. The average Bonchev–Trinajstić information content (AvgIpc) is 2.12. The van der Waals surface area contributed by atoms with E-state index in [-0.39, 0.29) is 5.92 Å². The van der Waals surface area contributed by atoms with Gasteiger partial charge >= 0.3 is 0 Å². The van der Waals surface area contributed by atoms with Crippen molar-refractivity contribution in [1.29, 1.82) is 0 Å². The van der Waals surface area contributed by atoms with Crippen LogP contribution >= 0.6 is 12.2 Å². The van der Waals surface area contributed by atoms with Gasteiger partial charge in [0.1, 0.15) is 0 Å². The first-order chi connectivity index (χ1) is 6.85. The van der Waals surface area contributed by atoms with E-state index in [9.17, 15) is 8.42 Å². The first kappa shape index (κ1) is 14.8. The van der Waals surface area contributed by atoms with Crippen molar-refractivity contribution in [2.75, 3.05) is 19.6 Å².